The third-order valence-electron chi connectivity index (χ3n) is 5.11. The van der Waals surface area contributed by atoms with Crippen molar-refractivity contribution in [3.05, 3.63) is 108 Å². The SMILES string of the molecule is CN(C/C=C/c1ccc(-c2nnc(CSCCOc3ccccc3)o2)cc1)Cc1ccccc1. The van der Waals surface area contributed by atoms with Crippen molar-refractivity contribution in [3.8, 4) is 17.2 Å². The summed E-state index contributed by atoms with van der Waals surface area (Å²) in [6.07, 6.45) is 4.32. The van der Waals surface area contributed by atoms with Crippen molar-refractivity contribution in [2.45, 2.75) is 12.3 Å². The summed E-state index contributed by atoms with van der Waals surface area (Å²) in [5.41, 5.74) is 3.39. The Morgan fingerprint density at radius 3 is 2.41 bits per heavy atom. The average Bonchev–Trinajstić information content (AvgIpc) is 3.34. The zero-order valence-electron chi connectivity index (χ0n) is 19.3. The molecule has 0 amide bonds. The summed E-state index contributed by atoms with van der Waals surface area (Å²) < 4.78 is 11.5. The van der Waals surface area contributed by atoms with Crippen molar-refractivity contribution in [2.24, 2.45) is 0 Å². The molecule has 5 nitrogen and oxygen atoms in total. The quantitative estimate of drug-likeness (QED) is 0.230. The van der Waals surface area contributed by atoms with Crippen LogP contribution < -0.4 is 4.74 Å². The second-order valence-electron chi connectivity index (χ2n) is 7.92. The van der Waals surface area contributed by atoms with Crippen molar-refractivity contribution in [3.63, 3.8) is 0 Å². The molecule has 6 heteroatoms. The second-order valence-corrected chi connectivity index (χ2v) is 9.03. The van der Waals surface area contributed by atoms with Gasteiger partial charge in [-0.2, -0.15) is 0 Å². The average molecular weight is 472 g/mol. The number of hydrogen-bond donors (Lipinski definition) is 0. The minimum Gasteiger partial charge on any atom is -0.493 e. The number of para-hydroxylation sites is 1. The van der Waals surface area contributed by atoms with Crippen LogP contribution in [0.2, 0.25) is 0 Å². The van der Waals surface area contributed by atoms with Crippen molar-refractivity contribution < 1.29 is 9.15 Å². The third-order valence-corrected chi connectivity index (χ3v) is 6.02. The lowest BCUT2D eigenvalue weighted by Gasteiger charge is -2.14. The molecule has 0 spiro atoms. The van der Waals surface area contributed by atoms with Crippen LogP contribution in [0.5, 0.6) is 5.75 Å². The first kappa shape index (κ1) is 23.8. The molecule has 0 fully saturated rings. The number of likely N-dealkylation sites (N-methyl/N-ethyl adjacent to an activating group) is 1. The fourth-order valence-corrected chi connectivity index (χ4v) is 4.03. The monoisotopic (exact) mass is 471 g/mol. The van der Waals surface area contributed by atoms with Crippen LogP contribution in [-0.2, 0) is 12.3 Å². The maximum atomic E-state index is 5.84. The Morgan fingerprint density at radius 1 is 0.912 bits per heavy atom. The molecule has 34 heavy (non-hydrogen) atoms. The van der Waals surface area contributed by atoms with Gasteiger partial charge in [-0.15, -0.1) is 22.0 Å². The van der Waals surface area contributed by atoms with Crippen LogP contribution in [0.4, 0.5) is 0 Å². The number of rotatable bonds is 12. The van der Waals surface area contributed by atoms with Gasteiger partial charge in [0.25, 0.3) is 0 Å². The van der Waals surface area contributed by atoms with E-state index in [0.29, 0.717) is 24.1 Å². The Kier molecular flexibility index (Phi) is 8.94. The number of nitrogens with zero attached hydrogens (tertiary/aromatic N) is 3. The first-order chi connectivity index (χ1) is 16.8. The Labute approximate surface area is 205 Å². The fraction of sp³-hybridized carbons (Fsp3) is 0.214. The zero-order valence-corrected chi connectivity index (χ0v) is 20.2. The summed E-state index contributed by atoms with van der Waals surface area (Å²) in [6.45, 7) is 2.46. The molecule has 3 aromatic carbocycles. The number of thioether (sulfide) groups is 1. The normalized spacial score (nSPS) is 11.4. The molecule has 1 heterocycles. The molecule has 0 bridgehead atoms. The Hall–Kier alpha value is -3.35. The van der Waals surface area contributed by atoms with Crippen LogP contribution in [0.1, 0.15) is 17.0 Å². The molecule has 0 saturated heterocycles. The fourth-order valence-electron chi connectivity index (χ4n) is 3.39. The molecule has 0 unspecified atom stereocenters. The van der Waals surface area contributed by atoms with E-state index >= 15 is 0 Å². The molecule has 0 aliphatic heterocycles. The van der Waals surface area contributed by atoms with E-state index in [1.807, 2.05) is 48.5 Å². The predicted octanol–water partition coefficient (Wildman–Crippen LogP) is 6.19. The van der Waals surface area contributed by atoms with Crippen LogP contribution in [0, 0.1) is 0 Å². The number of ether oxygens (including phenoxy) is 1. The number of benzene rings is 3. The van der Waals surface area contributed by atoms with Gasteiger partial charge in [0.1, 0.15) is 5.75 Å². The largest absolute Gasteiger partial charge is 0.493 e. The summed E-state index contributed by atoms with van der Waals surface area (Å²) in [6, 6.07) is 28.5. The highest BCUT2D eigenvalue weighted by molar-refractivity contribution is 7.98. The van der Waals surface area contributed by atoms with Gasteiger partial charge >= 0.3 is 0 Å². The highest BCUT2D eigenvalue weighted by Gasteiger charge is 2.08. The first-order valence-corrected chi connectivity index (χ1v) is 12.5. The maximum absolute atomic E-state index is 5.84. The van der Waals surface area contributed by atoms with E-state index in [1.54, 1.807) is 11.8 Å². The Balaban J connectivity index is 1.19. The molecule has 4 rings (SSSR count). The van der Waals surface area contributed by atoms with Gasteiger partial charge in [0.15, 0.2) is 0 Å². The minimum atomic E-state index is 0.550. The van der Waals surface area contributed by atoms with Crippen molar-refractivity contribution in [1.29, 1.82) is 0 Å². The van der Waals surface area contributed by atoms with Crippen LogP contribution in [-0.4, -0.2) is 41.0 Å². The van der Waals surface area contributed by atoms with Gasteiger partial charge in [-0.1, -0.05) is 72.8 Å². The molecule has 4 aromatic rings. The summed E-state index contributed by atoms with van der Waals surface area (Å²) in [7, 11) is 2.13. The predicted molar refractivity (Wildman–Crippen MR) is 140 cm³/mol. The second kappa shape index (κ2) is 12.8. The van der Waals surface area contributed by atoms with Crippen LogP contribution in [0.25, 0.3) is 17.5 Å². The van der Waals surface area contributed by atoms with E-state index in [2.05, 4.69) is 70.7 Å². The summed E-state index contributed by atoms with van der Waals surface area (Å²) >= 11 is 1.71. The van der Waals surface area contributed by atoms with E-state index in [1.165, 1.54) is 5.56 Å². The maximum Gasteiger partial charge on any atom is 0.247 e. The topological polar surface area (TPSA) is 51.4 Å². The van der Waals surface area contributed by atoms with Gasteiger partial charge in [-0.25, -0.2) is 0 Å². The van der Waals surface area contributed by atoms with E-state index in [-0.39, 0.29) is 0 Å². The van der Waals surface area contributed by atoms with Gasteiger partial charge < -0.3 is 9.15 Å². The molecule has 174 valence electrons. The number of aromatic nitrogens is 2. The highest BCUT2D eigenvalue weighted by Crippen LogP contribution is 2.21. The van der Waals surface area contributed by atoms with Gasteiger partial charge in [-0.05, 0) is 42.4 Å². The number of hydrogen-bond acceptors (Lipinski definition) is 6. The van der Waals surface area contributed by atoms with Crippen molar-refractivity contribution >= 4 is 17.8 Å². The van der Waals surface area contributed by atoms with Gasteiger partial charge in [0.05, 0.1) is 12.4 Å². The molecule has 0 aliphatic rings. The molecule has 0 atom stereocenters. The molecular formula is C28H29N3O2S. The molecule has 0 N–H and O–H groups in total. The highest BCUT2D eigenvalue weighted by atomic mass is 32.2. The Bertz CT molecular complexity index is 1150. The zero-order chi connectivity index (χ0) is 23.4. The third kappa shape index (κ3) is 7.61. The minimum absolute atomic E-state index is 0.550. The lowest BCUT2D eigenvalue weighted by Crippen LogP contribution is -2.17. The van der Waals surface area contributed by atoms with E-state index < -0.39 is 0 Å². The Morgan fingerprint density at radius 2 is 1.65 bits per heavy atom. The summed E-state index contributed by atoms with van der Waals surface area (Å²) in [5.74, 6) is 3.59. The molecule has 1 aromatic heterocycles. The summed E-state index contributed by atoms with van der Waals surface area (Å²) in [4.78, 5) is 2.28. The lowest BCUT2D eigenvalue weighted by atomic mass is 10.1. The molecule has 0 radical (unpaired) electrons. The first-order valence-electron chi connectivity index (χ1n) is 11.3. The summed E-state index contributed by atoms with van der Waals surface area (Å²) in [5, 5.41) is 8.38. The van der Waals surface area contributed by atoms with E-state index in [9.17, 15) is 0 Å². The van der Waals surface area contributed by atoms with Crippen LogP contribution >= 0.6 is 11.8 Å². The van der Waals surface area contributed by atoms with E-state index in [4.69, 9.17) is 9.15 Å². The molecular weight excluding hydrogens is 442 g/mol. The van der Waals surface area contributed by atoms with Crippen LogP contribution in [0.3, 0.4) is 0 Å². The van der Waals surface area contributed by atoms with Crippen molar-refractivity contribution in [2.75, 3.05) is 26.0 Å². The molecule has 0 saturated carbocycles. The molecule has 0 aliphatic carbocycles. The van der Waals surface area contributed by atoms with Gasteiger partial charge in [0, 0.05) is 24.4 Å². The van der Waals surface area contributed by atoms with Gasteiger partial charge in [-0.3, -0.25) is 4.90 Å². The van der Waals surface area contributed by atoms with Crippen molar-refractivity contribution in [1.82, 2.24) is 15.1 Å². The van der Waals surface area contributed by atoms with E-state index in [0.717, 1.165) is 35.7 Å². The standard InChI is InChI=1S/C28H29N3O2S/c1-31(21-24-9-4-2-5-10-24)18-8-11-23-14-16-25(17-15-23)28-30-29-27(33-28)22-34-20-19-32-26-12-6-3-7-13-26/h2-17H,18-22H2,1H3/b11-8+. The smallest absolute Gasteiger partial charge is 0.247 e. The lowest BCUT2D eigenvalue weighted by molar-refractivity contribution is 0.344. The van der Waals surface area contributed by atoms with Gasteiger partial charge in [0.2, 0.25) is 11.8 Å². The van der Waals surface area contributed by atoms with Crippen LogP contribution in [0.15, 0.2) is 95.4 Å².